The molecule has 0 radical (unpaired) electrons. The predicted octanol–water partition coefficient (Wildman–Crippen LogP) is 2.57. The second-order valence-electron chi connectivity index (χ2n) is 8.38. The van der Waals surface area contributed by atoms with Crippen molar-refractivity contribution in [2.45, 2.75) is 65.0 Å². The van der Waals surface area contributed by atoms with Crippen LogP contribution in [-0.4, -0.2) is 61.2 Å². The molecule has 1 heterocycles. The molecule has 1 saturated carbocycles. The Kier molecular flexibility index (Phi) is 5.14. The summed E-state index contributed by atoms with van der Waals surface area (Å²) in [6.07, 6.45) is 5.68. The fourth-order valence-electron chi connectivity index (χ4n) is 3.71. The van der Waals surface area contributed by atoms with Crippen LogP contribution in [-0.2, 0) is 0 Å². The summed E-state index contributed by atoms with van der Waals surface area (Å²) in [5, 5.41) is 3.78. The van der Waals surface area contributed by atoms with Gasteiger partial charge in [0.05, 0.1) is 0 Å². The molecule has 0 bridgehead atoms. The highest BCUT2D eigenvalue weighted by Gasteiger charge is 2.37. The van der Waals surface area contributed by atoms with E-state index in [4.69, 9.17) is 0 Å². The van der Waals surface area contributed by atoms with Crippen LogP contribution in [0.2, 0.25) is 0 Å². The van der Waals surface area contributed by atoms with Gasteiger partial charge in [0.15, 0.2) is 0 Å². The lowest BCUT2D eigenvalue weighted by molar-refractivity contribution is 0.0629. The van der Waals surface area contributed by atoms with E-state index in [1.807, 2.05) is 0 Å². The Bertz CT molecular complexity index is 302. The molecule has 118 valence electrons. The van der Waals surface area contributed by atoms with Crippen LogP contribution >= 0.6 is 0 Å². The maximum Gasteiger partial charge on any atom is 0.0192 e. The van der Waals surface area contributed by atoms with Gasteiger partial charge in [-0.25, -0.2) is 0 Å². The summed E-state index contributed by atoms with van der Waals surface area (Å²) in [4.78, 5) is 5.21. The molecule has 2 fully saturated rings. The molecule has 1 N–H and O–H groups in total. The van der Waals surface area contributed by atoms with Crippen LogP contribution in [0.1, 0.15) is 53.4 Å². The van der Waals surface area contributed by atoms with Crippen LogP contribution < -0.4 is 5.32 Å². The standard InChI is InChI=1S/C17H35N3/c1-15-12-20(11-10-19(15)5)14-17(8-6-7-9-17)13-18-16(2,3)4/h15,18H,6-14H2,1-5H3. The van der Waals surface area contributed by atoms with Crippen molar-refractivity contribution in [1.29, 1.82) is 0 Å². The highest BCUT2D eigenvalue weighted by molar-refractivity contribution is 4.92. The molecule has 0 amide bonds. The number of nitrogens with one attached hydrogen (secondary N) is 1. The summed E-state index contributed by atoms with van der Waals surface area (Å²) in [5.41, 5.74) is 0.772. The Morgan fingerprint density at radius 1 is 1.15 bits per heavy atom. The van der Waals surface area contributed by atoms with Crippen LogP contribution in [0, 0.1) is 5.41 Å². The zero-order valence-electron chi connectivity index (χ0n) is 14.3. The first-order chi connectivity index (χ1) is 9.30. The minimum Gasteiger partial charge on any atom is -0.311 e. The maximum absolute atomic E-state index is 3.78. The van der Waals surface area contributed by atoms with Gasteiger partial charge in [-0.15, -0.1) is 0 Å². The third-order valence-corrected chi connectivity index (χ3v) is 5.26. The molecule has 20 heavy (non-hydrogen) atoms. The van der Waals surface area contributed by atoms with Gasteiger partial charge in [0, 0.05) is 44.3 Å². The molecule has 2 rings (SSSR count). The van der Waals surface area contributed by atoms with Crippen LogP contribution in [0.25, 0.3) is 0 Å². The van der Waals surface area contributed by atoms with E-state index < -0.39 is 0 Å². The zero-order valence-corrected chi connectivity index (χ0v) is 14.3. The SMILES string of the molecule is CC1CN(CC2(CNC(C)(C)C)CCCC2)CCN1C. The summed E-state index contributed by atoms with van der Waals surface area (Å²) < 4.78 is 0. The molecule has 3 heteroatoms. The Morgan fingerprint density at radius 2 is 1.80 bits per heavy atom. The molecule has 1 atom stereocenters. The lowest BCUT2D eigenvalue weighted by Gasteiger charge is -2.43. The van der Waals surface area contributed by atoms with Crippen molar-refractivity contribution in [3.05, 3.63) is 0 Å². The Hall–Kier alpha value is -0.120. The molecule has 1 unspecified atom stereocenters. The van der Waals surface area contributed by atoms with Gasteiger partial charge in [0.1, 0.15) is 0 Å². The van der Waals surface area contributed by atoms with E-state index in [1.54, 1.807) is 0 Å². The third kappa shape index (κ3) is 4.44. The number of piperazine rings is 1. The highest BCUT2D eigenvalue weighted by Crippen LogP contribution is 2.39. The van der Waals surface area contributed by atoms with Gasteiger partial charge >= 0.3 is 0 Å². The van der Waals surface area contributed by atoms with Crippen molar-refractivity contribution >= 4 is 0 Å². The monoisotopic (exact) mass is 281 g/mol. The fourth-order valence-corrected chi connectivity index (χ4v) is 3.71. The highest BCUT2D eigenvalue weighted by atomic mass is 15.3. The topological polar surface area (TPSA) is 18.5 Å². The van der Waals surface area contributed by atoms with Crippen molar-refractivity contribution in [2.24, 2.45) is 5.41 Å². The average molecular weight is 281 g/mol. The number of hydrogen-bond donors (Lipinski definition) is 1. The molecule has 1 aliphatic carbocycles. The molecule has 0 aromatic carbocycles. The van der Waals surface area contributed by atoms with Gasteiger partial charge in [-0.1, -0.05) is 12.8 Å². The molecular formula is C17H35N3. The van der Waals surface area contributed by atoms with Gasteiger partial charge in [-0.05, 0) is 53.0 Å². The Morgan fingerprint density at radius 3 is 2.35 bits per heavy atom. The molecule has 2 aliphatic rings. The van der Waals surface area contributed by atoms with E-state index in [9.17, 15) is 0 Å². The second kappa shape index (κ2) is 6.33. The summed E-state index contributed by atoms with van der Waals surface area (Å²) in [5.74, 6) is 0. The summed E-state index contributed by atoms with van der Waals surface area (Å²) in [6.45, 7) is 15.4. The van der Waals surface area contributed by atoms with Crippen molar-refractivity contribution in [3.8, 4) is 0 Å². The van der Waals surface area contributed by atoms with Crippen LogP contribution in [0.3, 0.4) is 0 Å². The van der Waals surface area contributed by atoms with Gasteiger partial charge < -0.3 is 10.2 Å². The first-order valence-corrected chi connectivity index (χ1v) is 8.47. The van der Waals surface area contributed by atoms with Gasteiger partial charge in [-0.2, -0.15) is 0 Å². The van der Waals surface area contributed by atoms with E-state index in [2.05, 4.69) is 49.9 Å². The molecule has 1 saturated heterocycles. The third-order valence-electron chi connectivity index (χ3n) is 5.26. The molecule has 1 aliphatic heterocycles. The fraction of sp³-hybridized carbons (Fsp3) is 1.00. The van der Waals surface area contributed by atoms with E-state index in [0.717, 1.165) is 0 Å². The molecule has 3 nitrogen and oxygen atoms in total. The van der Waals surface area contributed by atoms with Gasteiger partial charge in [0.25, 0.3) is 0 Å². The predicted molar refractivity (Wildman–Crippen MR) is 87.2 cm³/mol. The minimum atomic E-state index is 0.241. The van der Waals surface area contributed by atoms with E-state index in [-0.39, 0.29) is 5.54 Å². The largest absolute Gasteiger partial charge is 0.311 e. The first kappa shape index (κ1) is 16.3. The average Bonchev–Trinajstić information content (AvgIpc) is 2.80. The quantitative estimate of drug-likeness (QED) is 0.854. The van der Waals surface area contributed by atoms with Crippen LogP contribution in [0.5, 0.6) is 0 Å². The maximum atomic E-state index is 3.78. The van der Waals surface area contributed by atoms with Crippen molar-refractivity contribution in [2.75, 3.05) is 39.8 Å². The summed E-state index contributed by atoms with van der Waals surface area (Å²) in [6, 6.07) is 0.706. The van der Waals surface area contributed by atoms with E-state index in [0.29, 0.717) is 11.5 Å². The minimum absolute atomic E-state index is 0.241. The lowest BCUT2D eigenvalue weighted by Crippen LogP contribution is -2.54. The Balaban J connectivity index is 1.92. The number of likely N-dealkylation sites (N-methyl/N-ethyl adjacent to an activating group) is 1. The molecular weight excluding hydrogens is 246 g/mol. The van der Waals surface area contributed by atoms with Crippen LogP contribution in [0.15, 0.2) is 0 Å². The van der Waals surface area contributed by atoms with E-state index >= 15 is 0 Å². The van der Waals surface area contributed by atoms with Crippen LogP contribution in [0.4, 0.5) is 0 Å². The normalized spacial score (nSPS) is 28.9. The van der Waals surface area contributed by atoms with Crippen molar-refractivity contribution in [3.63, 3.8) is 0 Å². The first-order valence-electron chi connectivity index (χ1n) is 8.47. The summed E-state index contributed by atoms with van der Waals surface area (Å²) in [7, 11) is 2.26. The Labute approximate surface area is 126 Å². The number of rotatable bonds is 4. The van der Waals surface area contributed by atoms with Gasteiger partial charge in [-0.3, -0.25) is 4.90 Å². The lowest BCUT2D eigenvalue weighted by atomic mass is 9.84. The second-order valence-corrected chi connectivity index (χ2v) is 8.38. The van der Waals surface area contributed by atoms with Crippen molar-refractivity contribution in [1.82, 2.24) is 15.1 Å². The van der Waals surface area contributed by atoms with Gasteiger partial charge in [0.2, 0.25) is 0 Å². The number of nitrogens with zero attached hydrogens (tertiary/aromatic N) is 2. The number of hydrogen-bond acceptors (Lipinski definition) is 3. The molecule has 0 aromatic rings. The zero-order chi connectivity index (χ0) is 14.8. The molecule has 0 spiro atoms. The van der Waals surface area contributed by atoms with Crippen molar-refractivity contribution < 1.29 is 0 Å². The van der Waals surface area contributed by atoms with E-state index in [1.165, 1.54) is 58.4 Å². The summed E-state index contributed by atoms with van der Waals surface area (Å²) >= 11 is 0. The smallest absolute Gasteiger partial charge is 0.0192 e. The molecule has 0 aromatic heterocycles.